The summed E-state index contributed by atoms with van der Waals surface area (Å²) in [4.78, 5) is 22.6. The van der Waals surface area contributed by atoms with Crippen LogP contribution in [-0.4, -0.2) is 11.9 Å². The zero-order valence-electron chi connectivity index (χ0n) is 15.5. The van der Waals surface area contributed by atoms with Crippen LogP contribution in [0.3, 0.4) is 0 Å². The minimum Gasteiger partial charge on any atom is -0.486 e. The van der Waals surface area contributed by atoms with Gasteiger partial charge in [-0.1, -0.05) is 65.7 Å². The smallest absolute Gasteiger partial charge is 0.319 e. The summed E-state index contributed by atoms with van der Waals surface area (Å²) in [6.07, 6.45) is 1.24. The molecule has 8 heteroatoms. The van der Waals surface area contributed by atoms with Crippen molar-refractivity contribution >= 4 is 52.0 Å². The molecule has 0 aliphatic heterocycles. The molecular weight excluding hydrogens is 425 g/mol. The number of primary amides is 1. The Hall–Kier alpha value is -3.53. The van der Waals surface area contributed by atoms with E-state index in [4.69, 9.17) is 38.9 Å². The van der Waals surface area contributed by atoms with E-state index in [1.165, 1.54) is 18.2 Å². The van der Waals surface area contributed by atoms with Gasteiger partial charge in [0.2, 0.25) is 0 Å². The van der Waals surface area contributed by atoms with Gasteiger partial charge in [-0.05, 0) is 40.1 Å². The molecule has 0 saturated carbocycles. The van der Waals surface area contributed by atoms with E-state index in [-0.39, 0.29) is 28.0 Å². The Labute approximate surface area is 182 Å². The van der Waals surface area contributed by atoms with Crippen LogP contribution in [0.5, 0.6) is 5.75 Å². The molecule has 150 valence electrons. The van der Waals surface area contributed by atoms with E-state index in [1.54, 1.807) is 6.07 Å². The SMILES string of the molecule is N#C/C(=C/c1cc(Cl)c(OCc2cccc3ccccc23)c(Cl)c1)C(=O)NC(N)=O. The molecule has 0 radical (unpaired) electrons. The van der Waals surface area contributed by atoms with Crippen molar-refractivity contribution in [1.29, 1.82) is 5.26 Å². The maximum absolute atomic E-state index is 11.8. The summed E-state index contributed by atoms with van der Waals surface area (Å²) >= 11 is 12.6. The van der Waals surface area contributed by atoms with Gasteiger partial charge >= 0.3 is 6.03 Å². The van der Waals surface area contributed by atoms with Gasteiger partial charge in [0.15, 0.2) is 5.75 Å². The molecule has 0 aromatic heterocycles. The number of carbonyl (C=O) groups excluding carboxylic acids is 2. The van der Waals surface area contributed by atoms with E-state index < -0.39 is 11.9 Å². The first-order valence-corrected chi connectivity index (χ1v) is 9.45. The highest BCUT2D eigenvalue weighted by molar-refractivity contribution is 6.37. The van der Waals surface area contributed by atoms with E-state index in [2.05, 4.69) is 0 Å². The zero-order chi connectivity index (χ0) is 21.7. The number of fused-ring (bicyclic) bond motifs is 1. The van der Waals surface area contributed by atoms with Gasteiger partial charge in [-0.15, -0.1) is 0 Å². The Morgan fingerprint density at radius 1 is 1.10 bits per heavy atom. The Bertz CT molecular complexity index is 1190. The third-order valence-electron chi connectivity index (χ3n) is 4.19. The number of nitriles is 1. The number of benzene rings is 3. The van der Waals surface area contributed by atoms with Gasteiger partial charge < -0.3 is 10.5 Å². The number of carbonyl (C=O) groups is 2. The van der Waals surface area contributed by atoms with Crippen molar-refractivity contribution in [3.05, 3.63) is 81.3 Å². The van der Waals surface area contributed by atoms with E-state index in [9.17, 15) is 9.59 Å². The van der Waals surface area contributed by atoms with Gasteiger partial charge in [0, 0.05) is 0 Å². The molecule has 0 heterocycles. The van der Waals surface area contributed by atoms with Crippen molar-refractivity contribution in [1.82, 2.24) is 5.32 Å². The quantitative estimate of drug-likeness (QED) is 0.438. The zero-order valence-corrected chi connectivity index (χ0v) is 17.0. The van der Waals surface area contributed by atoms with Crippen LogP contribution in [-0.2, 0) is 11.4 Å². The highest BCUT2D eigenvalue weighted by Gasteiger charge is 2.14. The second kappa shape index (κ2) is 9.31. The Balaban J connectivity index is 1.84. The summed E-state index contributed by atoms with van der Waals surface area (Å²) < 4.78 is 5.86. The monoisotopic (exact) mass is 439 g/mol. The summed E-state index contributed by atoms with van der Waals surface area (Å²) in [6.45, 7) is 0.250. The first kappa shape index (κ1) is 21.2. The van der Waals surface area contributed by atoms with E-state index in [0.29, 0.717) is 5.56 Å². The fraction of sp³-hybridized carbons (Fsp3) is 0.0455. The molecule has 0 spiro atoms. The maximum atomic E-state index is 11.8. The highest BCUT2D eigenvalue weighted by atomic mass is 35.5. The Morgan fingerprint density at radius 2 is 1.77 bits per heavy atom. The fourth-order valence-corrected chi connectivity index (χ4v) is 3.48. The highest BCUT2D eigenvalue weighted by Crippen LogP contribution is 2.36. The van der Waals surface area contributed by atoms with E-state index in [1.807, 2.05) is 47.8 Å². The van der Waals surface area contributed by atoms with Crippen molar-refractivity contribution in [3.63, 3.8) is 0 Å². The number of nitrogens with two attached hydrogens (primary N) is 1. The topological polar surface area (TPSA) is 105 Å². The molecule has 3 amide bonds. The largest absolute Gasteiger partial charge is 0.486 e. The summed E-state index contributed by atoms with van der Waals surface area (Å²) in [5, 5.41) is 13.5. The summed E-state index contributed by atoms with van der Waals surface area (Å²) in [5.74, 6) is -0.642. The van der Waals surface area contributed by atoms with Crippen molar-refractivity contribution in [2.75, 3.05) is 0 Å². The number of amides is 3. The van der Waals surface area contributed by atoms with Crippen LogP contribution in [0, 0.1) is 11.3 Å². The molecule has 6 nitrogen and oxygen atoms in total. The van der Waals surface area contributed by atoms with E-state index >= 15 is 0 Å². The first-order chi connectivity index (χ1) is 14.4. The Morgan fingerprint density at radius 3 is 2.43 bits per heavy atom. The predicted octanol–water partition coefficient (Wildman–Crippen LogP) is 4.83. The minimum atomic E-state index is -1.06. The molecule has 3 rings (SSSR count). The van der Waals surface area contributed by atoms with Gasteiger partial charge in [0.05, 0.1) is 10.0 Å². The maximum Gasteiger partial charge on any atom is 0.319 e. The van der Waals surface area contributed by atoms with Gasteiger partial charge in [0.25, 0.3) is 5.91 Å². The number of ether oxygens (including phenoxy) is 1. The molecule has 0 aliphatic carbocycles. The summed E-state index contributed by atoms with van der Waals surface area (Å²) in [6, 6.07) is 17.5. The van der Waals surface area contributed by atoms with Crippen molar-refractivity contribution in [3.8, 4) is 11.8 Å². The second-order valence-electron chi connectivity index (χ2n) is 6.23. The van der Waals surface area contributed by atoms with Crippen molar-refractivity contribution in [2.45, 2.75) is 6.61 Å². The van der Waals surface area contributed by atoms with Gasteiger partial charge in [0.1, 0.15) is 18.2 Å². The lowest BCUT2D eigenvalue weighted by molar-refractivity contribution is -0.115. The van der Waals surface area contributed by atoms with Crippen LogP contribution in [0.15, 0.2) is 60.2 Å². The molecule has 3 N–H and O–H groups in total. The van der Waals surface area contributed by atoms with Crippen LogP contribution in [0.2, 0.25) is 10.0 Å². The number of urea groups is 1. The van der Waals surface area contributed by atoms with Crippen LogP contribution in [0.25, 0.3) is 16.8 Å². The number of nitrogens with one attached hydrogen (secondary N) is 1. The molecule has 3 aromatic rings. The lowest BCUT2D eigenvalue weighted by Gasteiger charge is -2.12. The number of halogens is 2. The molecule has 0 saturated heterocycles. The third-order valence-corrected chi connectivity index (χ3v) is 4.75. The van der Waals surface area contributed by atoms with E-state index in [0.717, 1.165) is 16.3 Å². The molecule has 0 unspecified atom stereocenters. The van der Waals surface area contributed by atoms with Crippen molar-refractivity contribution < 1.29 is 14.3 Å². The average molecular weight is 440 g/mol. The van der Waals surface area contributed by atoms with Gasteiger partial charge in [-0.3, -0.25) is 10.1 Å². The first-order valence-electron chi connectivity index (χ1n) is 8.70. The number of rotatable bonds is 5. The minimum absolute atomic E-state index is 0.210. The van der Waals surface area contributed by atoms with Gasteiger partial charge in [-0.25, -0.2) is 4.79 Å². The van der Waals surface area contributed by atoms with Crippen LogP contribution < -0.4 is 15.8 Å². The number of nitrogens with zero attached hydrogens (tertiary/aromatic N) is 1. The number of imide groups is 1. The average Bonchev–Trinajstić information content (AvgIpc) is 2.71. The molecule has 0 aliphatic rings. The molecule has 0 atom stereocenters. The third kappa shape index (κ3) is 4.90. The van der Waals surface area contributed by atoms with Crippen molar-refractivity contribution in [2.24, 2.45) is 5.73 Å². The number of hydrogen-bond acceptors (Lipinski definition) is 4. The lowest BCUT2D eigenvalue weighted by Crippen LogP contribution is -2.35. The molecule has 0 fully saturated rings. The fourth-order valence-electron chi connectivity index (χ4n) is 2.86. The standard InChI is InChI=1S/C22H15Cl2N3O3/c23-18-9-13(8-16(11-25)21(28)27-22(26)29)10-19(24)20(18)30-12-15-6-3-5-14-4-1-2-7-17(14)15/h1-10H,12H2,(H3,26,27,28,29)/b16-8-. The molecule has 3 aromatic carbocycles. The predicted molar refractivity (Wildman–Crippen MR) is 116 cm³/mol. The second-order valence-corrected chi connectivity index (χ2v) is 7.04. The van der Waals surface area contributed by atoms with Crippen LogP contribution >= 0.6 is 23.2 Å². The summed E-state index contributed by atoms with van der Waals surface area (Å²) in [5.41, 5.74) is 5.93. The molecular formula is C22H15Cl2N3O3. The van der Waals surface area contributed by atoms with Gasteiger partial charge in [-0.2, -0.15) is 5.26 Å². The molecule has 30 heavy (non-hydrogen) atoms. The Kier molecular flexibility index (Phi) is 6.58. The van der Waals surface area contributed by atoms with Crippen LogP contribution in [0.4, 0.5) is 4.79 Å². The summed E-state index contributed by atoms with van der Waals surface area (Å²) in [7, 11) is 0. The lowest BCUT2D eigenvalue weighted by atomic mass is 10.1. The van der Waals surface area contributed by atoms with Crippen LogP contribution in [0.1, 0.15) is 11.1 Å². The molecule has 0 bridgehead atoms. The normalized spacial score (nSPS) is 11.0. The number of hydrogen-bond donors (Lipinski definition) is 2.